The van der Waals surface area contributed by atoms with Gasteiger partial charge in [0.25, 0.3) is 0 Å². The molecule has 3 heteroatoms. The highest BCUT2D eigenvalue weighted by molar-refractivity contribution is 4.93. The third-order valence-corrected chi connectivity index (χ3v) is 3.78. The summed E-state index contributed by atoms with van der Waals surface area (Å²) in [4.78, 5) is 0. The lowest BCUT2D eigenvalue weighted by atomic mass is 9.94. The first-order valence-electron chi connectivity index (χ1n) is 6.31. The van der Waals surface area contributed by atoms with Crippen LogP contribution in [0.3, 0.4) is 0 Å². The molecule has 0 bridgehead atoms. The summed E-state index contributed by atoms with van der Waals surface area (Å²) in [6.07, 6.45) is 5.49. The molecule has 1 saturated carbocycles. The summed E-state index contributed by atoms with van der Waals surface area (Å²) < 4.78 is 5.60. The van der Waals surface area contributed by atoms with E-state index >= 15 is 0 Å². The molecule has 1 aliphatic carbocycles. The highest BCUT2D eigenvalue weighted by Crippen LogP contribution is 2.24. The Kier molecular flexibility index (Phi) is 3.65. The number of rotatable bonds is 6. The molecule has 0 spiro atoms. The molecule has 0 aromatic rings. The van der Waals surface area contributed by atoms with Crippen LogP contribution >= 0.6 is 0 Å². The smallest absolute Gasteiger partial charge is 0.0726 e. The highest BCUT2D eigenvalue weighted by atomic mass is 16.5. The summed E-state index contributed by atoms with van der Waals surface area (Å²) in [6, 6.07) is 0.842. The highest BCUT2D eigenvalue weighted by Gasteiger charge is 2.36. The van der Waals surface area contributed by atoms with E-state index in [2.05, 4.69) is 24.5 Å². The van der Waals surface area contributed by atoms with Gasteiger partial charge in [0.2, 0.25) is 0 Å². The summed E-state index contributed by atoms with van der Waals surface area (Å²) in [5, 5.41) is 7.17. The van der Waals surface area contributed by atoms with Gasteiger partial charge >= 0.3 is 0 Å². The molecule has 1 saturated heterocycles. The van der Waals surface area contributed by atoms with E-state index in [0.29, 0.717) is 6.10 Å². The molecule has 2 atom stereocenters. The van der Waals surface area contributed by atoms with Crippen molar-refractivity contribution in [3.8, 4) is 0 Å². The molecule has 0 radical (unpaired) electrons. The van der Waals surface area contributed by atoms with Crippen LogP contribution in [0.4, 0.5) is 0 Å². The van der Waals surface area contributed by atoms with Crippen molar-refractivity contribution in [2.75, 3.05) is 19.7 Å². The second kappa shape index (κ2) is 4.81. The second-order valence-electron chi connectivity index (χ2n) is 5.19. The van der Waals surface area contributed by atoms with Crippen molar-refractivity contribution in [1.29, 1.82) is 0 Å². The Bertz CT molecular complexity index is 206. The molecule has 1 aliphatic heterocycles. The Labute approximate surface area is 93.0 Å². The summed E-state index contributed by atoms with van der Waals surface area (Å²) in [5.74, 6) is 0. The molecule has 0 amide bonds. The second-order valence-corrected chi connectivity index (χ2v) is 5.19. The first-order chi connectivity index (χ1) is 7.21. The van der Waals surface area contributed by atoms with Gasteiger partial charge in [0.05, 0.1) is 6.10 Å². The van der Waals surface area contributed by atoms with Gasteiger partial charge in [0.15, 0.2) is 0 Å². The van der Waals surface area contributed by atoms with Gasteiger partial charge in [0, 0.05) is 18.2 Å². The van der Waals surface area contributed by atoms with Gasteiger partial charge in [0.1, 0.15) is 0 Å². The van der Waals surface area contributed by atoms with Crippen molar-refractivity contribution in [1.82, 2.24) is 10.6 Å². The van der Waals surface area contributed by atoms with E-state index < -0.39 is 0 Å². The van der Waals surface area contributed by atoms with Crippen LogP contribution < -0.4 is 10.6 Å². The average Bonchev–Trinajstić information content (AvgIpc) is 2.95. The molecule has 15 heavy (non-hydrogen) atoms. The van der Waals surface area contributed by atoms with E-state index in [1.165, 1.54) is 19.3 Å². The normalized spacial score (nSPS) is 36.0. The molecular weight excluding hydrogens is 188 g/mol. The Morgan fingerprint density at radius 3 is 2.73 bits per heavy atom. The van der Waals surface area contributed by atoms with Gasteiger partial charge in [-0.05, 0) is 52.6 Å². The molecule has 0 aromatic heterocycles. The monoisotopic (exact) mass is 212 g/mol. The summed E-state index contributed by atoms with van der Waals surface area (Å²) in [6.45, 7) is 7.61. The molecule has 88 valence electrons. The van der Waals surface area contributed by atoms with E-state index in [-0.39, 0.29) is 5.54 Å². The molecule has 1 heterocycles. The summed E-state index contributed by atoms with van der Waals surface area (Å²) in [5.41, 5.74) is 0.208. The minimum absolute atomic E-state index is 0.208. The lowest BCUT2D eigenvalue weighted by Gasteiger charge is -2.29. The zero-order valence-electron chi connectivity index (χ0n) is 10.0. The van der Waals surface area contributed by atoms with Gasteiger partial charge in [-0.1, -0.05) is 0 Å². The lowest BCUT2D eigenvalue weighted by Crippen LogP contribution is -2.48. The third kappa shape index (κ3) is 3.16. The number of hydrogen-bond donors (Lipinski definition) is 2. The van der Waals surface area contributed by atoms with E-state index in [0.717, 1.165) is 32.2 Å². The van der Waals surface area contributed by atoms with Crippen molar-refractivity contribution in [2.45, 2.75) is 57.2 Å². The van der Waals surface area contributed by atoms with Crippen molar-refractivity contribution < 1.29 is 4.74 Å². The Morgan fingerprint density at radius 2 is 2.13 bits per heavy atom. The summed E-state index contributed by atoms with van der Waals surface area (Å²) in [7, 11) is 0. The molecule has 2 N–H and O–H groups in total. The van der Waals surface area contributed by atoms with Crippen molar-refractivity contribution in [3.05, 3.63) is 0 Å². The Balaban J connectivity index is 1.55. The van der Waals surface area contributed by atoms with Crippen molar-refractivity contribution >= 4 is 0 Å². The van der Waals surface area contributed by atoms with Crippen LogP contribution in [0, 0.1) is 0 Å². The molecule has 3 nitrogen and oxygen atoms in total. The third-order valence-electron chi connectivity index (χ3n) is 3.78. The molecular formula is C12H24N2O. The quantitative estimate of drug-likeness (QED) is 0.651. The van der Waals surface area contributed by atoms with Crippen LogP contribution in [0.2, 0.25) is 0 Å². The zero-order chi connectivity index (χ0) is 10.7. The van der Waals surface area contributed by atoms with Crippen LogP contribution in [-0.2, 0) is 4.74 Å². The molecule has 2 fully saturated rings. The van der Waals surface area contributed by atoms with Gasteiger partial charge in [-0.3, -0.25) is 0 Å². The summed E-state index contributed by atoms with van der Waals surface area (Å²) >= 11 is 0. The topological polar surface area (TPSA) is 33.3 Å². The maximum absolute atomic E-state index is 5.60. The lowest BCUT2D eigenvalue weighted by molar-refractivity contribution is 0.0887. The standard InChI is InChI=1S/C12H24N2O/c1-10-12(2,6-9-15-10)14-8-3-7-13-11-4-5-11/h10-11,13-14H,3-9H2,1-2H3. The largest absolute Gasteiger partial charge is 0.377 e. The van der Waals surface area contributed by atoms with Crippen LogP contribution in [0.15, 0.2) is 0 Å². The fourth-order valence-corrected chi connectivity index (χ4v) is 2.12. The number of hydrogen-bond acceptors (Lipinski definition) is 3. The van der Waals surface area contributed by atoms with Crippen LogP contribution in [0.5, 0.6) is 0 Å². The predicted octanol–water partition coefficient (Wildman–Crippen LogP) is 1.29. The zero-order valence-corrected chi connectivity index (χ0v) is 10.0. The van der Waals surface area contributed by atoms with E-state index in [4.69, 9.17) is 4.74 Å². The van der Waals surface area contributed by atoms with E-state index in [1.54, 1.807) is 0 Å². The number of nitrogens with one attached hydrogen (secondary N) is 2. The molecule has 2 unspecified atom stereocenters. The van der Waals surface area contributed by atoms with E-state index in [1.807, 2.05) is 0 Å². The molecule has 0 aromatic carbocycles. The van der Waals surface area contributed by atoms with Crippen LogP contribution in [0.25, 0.3) is 0 Å². The van der Waals surface area contributed by atoms with Gasteiger partial charge in [-0.15, -0.1) is 0 Å². The molecule has 2 aliphatic rings. The SMILES string of the molecule is CC1OCCC1(C)NCCCNC1CC1. The fourth-order valence-electron chi connectivity index (χ4n) is 2.12. The minimum atomic E-state index is 0.208. The minimum Gasteiger partial charge on any atom is -0.377 e. The fraction of sp³-hybridized carbons (Fsp3) is 1.00. The van der Waals surface area contributed by atoms with Crippen LogP contribution in [0.1, 0.15) is 39.5 Å². The molecule has 2 rings (SSSR count). The predicted molar refractivity (Wildman–Crippen MR) is 62.1 cm³/mol. The maximum atomic E-state index is 5.60. The Morgan fingerprint density at radius 1 is 1.33 bits per heavy atom. The van der Waals surface area contributed by atoms with Gasteiger partial charge in [-0.2, -0.15) is 0 Å². The average molecular weight is 212 g/mol. The van der Waals surface area contributed by atoms with Crippen LogP contribution in [-0.4, -0.2) is 37.4 Å². The van der Waals surface area contributed by atoms with Crippen molar-refractivity contribution in [3.63, 3.8) is 0 Å². The van der Waals surface area contributed by atoms with Gasteiger partial charge < -0.3 is 15.4 Å². The van der Waals surface area contributed by atoms with E-state index in [9.17, 15) is 0 Å². The number of ether oxygens (including phenoxy) is 1. The van der Waals surface area contributed by atoms with Gasteiger partial charge in [-0.25, -0.2) is 0 Å². The Hall–Kier alpha value is -0.120. The maximum Gasteiger partial charge on any atom is 0.0726 e. The first kappa shape index (κ1) is 11.4. The first-order valence-corrected chi connectivity index (χ1v) is 6.31. The van der Waals surface area contributed by atoms with Crippen molar-refractivity contribution in [2.24, 2.45) is 0 Å².